The summed E-state index contributed by atoms with van der Waals surface area (Å²) >= 11 is 0. The normalized spacial score (nSPS) is 43.7. The van der Waals surface area contributed by atoms with E-state index in [-0.39, 0.29) is 17.2 Å². The first-order valence-electron chi connectivity index (χ1n) is 7.85. The quantitative estimate of drug-likeness (QED) is 0.413. The summed E-state index contributed by atoms with van der Waals surface area (Å²) in [5.74, 6) is 5.65. The number of hydrazine groups is 1. The lowest BCUT2D eigenvalue weighted by molar-refractivity contribution is -0.173. The molecule has 4 heteroatoms. The standard InChI is InChI=1S/C16H30N2O2/c1-14(2)7-5-8-15(3)11(14)6-9-16(4,20)12(15)10-13(19)18-17/h11-12,20H,5-10,17H2,1-4H3,(H,18,19). The van der Waals surface area contributed by atoms with Crippen LogP contribution in [-0.2, 0) is 4.79 Å². The van der Waals surface area contributed by atoms with Crippen LogP contribution in [0.5, 0.6) is 0 Å². The highest BCUT2D eigenvalue weighted by Gasteiger charge is 2.58. The van der Waals surface area contributed by atoms with Crippen molar-refractivity contribution in [1.29, 1.82) is 0 Å². The second-order valence-corrected chi connectivity index (χ2v) is 8.12. The zero-order valence-electron chi connectivity index (χ0n) is 13.3. The van der Waals surface area contributed by atoms with Crippen molar-refractivity contribution in [3.05, 3.63) is 0 Å². The largest absolute Gasteiger partial charge is 0.390 e. The maximum Gasteiger partial charge on any atom is 0.234 e. The van der Waals surface area contributed by atoms with Gasteiger partial charge in [-0.15, -0.1) is 0 Å². The molecule has 0 saturated heterocycles. The predicted octanol–water partition coefficient (Wildman–Crippen LogP) is 2.36. The molecule has 2 aliphatic rings. The van der Waals surface area contributed by atoms with Crippen LogP contribution in [0.1, 0.15) is 66.2 Å². The van der Waals surface area contributed by atoms with Crippen LogP contribution in [0.3, 0.4) is 0 Å². The Balaban J connectivity index is 2.35. The highest BCUT2D eigenvalue weighted by Crippen LogP contribution is 2.62. The van der Waals surface area contributed by atoms with Gasteiger partial charge in [0.1, 0.15) is 0 Å². The summed E-state index contributed by atoms with van der Waals surface area (Å²) in [7, 11) is 0. The molecule has 4 nitrogen and oxygen atoms in total. The van der Waals surface area contributed by atoms with Crippen molar-refractivity contribution in [2.45, 2.75) is 71.8 Å². The van der Waals surface area contributed by atoms with Gasteiger partial charge in [-0.3, -0.25) is 10.2 Å². The fourth-order valence-electron chi connectivity index (χ4n) is 5.32. The van der Waals surface area contributed by atoms with Crippen LogP contribution in [0, 0.1) is 22.7 Å². The SMILES string of the molecule is CC1(C)CCCC2(C)C1CCC(C)(O)C2CC(=O)NN. The lowest BCUT2D eigenvalue weighted by Crippen LogP contribution is -2.58. The van der Waals surface area contributed by atoms with Crippen LogP contribution < -0.4 is 11.3 Å². The Hall–Kier alpha value is -0.610. The zero-order chi connectivity index (χ0) is 15.2. The number of nitrogens with one attached hydrogen (secondary N) is 1. The Morgan fingerprint density at radius 2 is 1.90 bits per heavy atom. The van der Waals surface area contributed by atoms with E-state index in [4.69, 9.17) is 5.84 Å². The van der Waals surface area contributed by atoms with Gasteiger partial charge in [0.2, 0.25) is 5.91 Å². The summed E-state index contributed by atoms with van der Waals surface area (Å²) in [4.78, 5) is 11.8. The van der Waals surface area contributed by atoms with Gasteiger partial charge in [-0.25, -0.2) is 5.84 Å². The van der Waals surface area contributed by atoms with Crippen molar-refractivity contribution >= 4 is 5.91 Å². The van der Waals surface area contributed by atoms with Crippen LogP contribution >= 0.6 is 0 Å². The lowest BCUT2D eigenvalue weighted by Gasteiger charge is -2.61. The lowest BCUT2D eigenvalue weighted by atomic mass is 9.45. The molecule has 0 aromatic carbocycles. The van der Waals surface area contributed by atoms with E-state index in [1.165, 1.54) is 12.8 Å². The van der Waals surface area contributed by atoms with Crippen molar-refractivity contribution < 1.29 is 9.90 Å². The van der Waals surface area contributed by atoms with Crippen LogP contribution in [0.2, 0.25) is 0 Å². The van der Waals surface area contributed by atoms with Gasteiger partial charge >= 0.3 is 0 Å². The first kappa shape index (κ1) is 15.8. The van der Waals surface area contributed by atoms with Gasteiger partial charge in [-0.2, -0.15) is 0 Å². The van der Waals surface area contributed by atoms with Crippen molar-refractivity contribution in [3.63, 3.8) is 0 Å². The number of hydrogen-bond acceptors (Lipinski definition) is 3. The van der Waals surface area contributed by atoms with Gasteiger partial charge in [0.15, 0.2) is 0 Å². The smallest absolute Gasteiger partial charge is 0.234 e. The molecule has 0 aromatic heterocycles. The molecule has 2 fully saturated rings. The van der Waals surface area contributed by atoms with E-state index in [0.29, 0.717) is 17.8 Å². The Bertz CT molecular complexity index is 392. The van der Waals surface area contributed by atoms with Crippen LogP contribution in [0.4, 0.5) is 0 Å². The predicted molar refractivity (Wildman–Crippen MR) is 79.5 cm³/mol. The Kier molecular flexibility index (Phi) is 3.93. The van der Waals surface area contributed by atoms with Crippen LogP contribution in [-0.4, -0.2) is 16.6 Å². The van der Waals surface area contributed by atoms with E-state index in [1.807, 2.05) is 6.92 Å². The topological polar surface area (TPSA) is 75.3 Å². The average Bonchev–Trinajstić information content (AvgIpc) is 2.32. The number of nitrogens with two attached hydrogens (primary N) is 1. The molecule has 0 aromatic rings. The van der Waals surface area contributed by atoms with Gasteiger partial charge in [-0.05, 0) is 49.4 Å². The number of amides is 1. The van der Waals surface area contributed by atoms with Crippen molar-refractivity contribution in [2.75, 3.05) is 0 Å². The minimum absolute atomic E-state index is 0.0168. The molecule has 1 amide bonds. The van der Waals surface area contributed by atoms with E-state index in [0.717, 1.165) is 19.3 Å². The number of fused-ring (bicyclic) bond motifs is 1. The van der Waals surface area contributed by atoms with Gasteiger partial charge < -0.3 is 5.11 Å². The minimum Gasteiger partial charge on any atom is -0.390 e. The summed E-state index contributed by atoms with van der Waals surface area (Å²) < 4.78 is 0. The third kappa shape index (κ3) is 2.48. The molecule has 2 rings (SSSR count). The zero-order valence-corrected chi connectivity index (χ0v) is 13.3. The van der Waals surface area contributed by atoms with E-state index >= 15 is 0 Å². The molecule has 0 spiro atoms. The molecular formula is C16H30N2O2. The number of carbonyl (C=O) groups is 1. The highest BCUT2D eigenvalue weighted by molar-refractivity contribution is 5.75. The first-order chi connectivity index (χ1) is 9.13. The molecule has 2 aliphatic carbocycles. The Morgan fingerprint density at radius 1 is 1.25 bits per heavy atom. The minimum atomic E-state index is -0.773. The summed E-state index contributed by atoms with van der Waals surface area (Å²) in [5, 5.41) is 10.8. The molecule has 2 saturated carbocycles. The molecule has 4 unspecified atom stereocenters. The molecule has 0 aliphatic heterocycles. The summed E-state index contributed by atoms with van der Waals surface area (Å²) in [5.41, 5.74) is 1.78. The van der Waals surface area contributed by atoms with Crippen molar-refractivity contribution in [2.24, 2.45) is 28.5 Å². The molecule has 116 valence electrons. The van der Waals surface area contributed by atoms with Gasteiger partial charge in [0, 0.05) is 12.3 Å². The molecular weight excluding hydrogens is 252 g/mol. The fraction of sp³-hybridized carbons (Fsp3) is 0.938. The molecule has 0 bridgehead atoms. The number of rotatable bonds is 2. The van der Waals surface area contributed by atoms with Crippen molar-refractivity contribution in [1.82, 2.24) is 5.43 Å². The van der Waals surface area contributed by atoms with E-state index in [9.17, 15) is 9.90 Å². The highest BCUT2D eigenvalue weighted by atomic mass is 16.3. The van der Waals surface area contributed by atoms with E-state index in [2.05, 4.69) is 26.2 Å². The molecule has 4 N–H and O–H groups in total. The maximum absolute atomic E-state index is 11.8. The average molecular weight is 282 g/mol. The maximum atomic E-state index is 11.8. The number of aliphatic hydroxyl groups is 1. The summed E-state index contributed by atoms with van der Waals surface area (Å²) in [6.45, 7) is 8.86. The van der Waals surface area contributed by atoms with Crippen molar-refractivity contribution in [3.8, 4) is 0 Å². The van der Waals surface area contributed by atoms with Gasteiger partial charge in [0.05, 0.1) is 5.60 Å². The monoisotopic (exact) mass is 282 g/mol. The first-order valence-corrected chi connectivity index (χ1v) is 7.85. The second kappa shape index (κ2) is 4.99. The second-order valence-electron chi connectivity index (χ2n) is 8.12. The van der Waals surface area contributed by atoms with E-state index < -0.39 is 5.60 Å². The number of carbonyl (C=O) groups excluding carboxylic acids is 1. The molecule has 0 heterocycles. The van der Waals surface area contributed by atoms with E-state index in [1.54, 1.807) is 0 Å². The molecule has 4 atom stereocenters. The number of hydrogen-bond donors (Lipinski definition) is 3. The fourth-order valence-corrected chi connectivity index (χ4v) is 5.32. The Labute approximate surface area is 122 Å². The van der Waals surface area contributed by atoms with Crippen LogP contribution in [0.25, 0.3) is 0 Å². The Morgan fingerprint density at radius 3 is 2.50 bits per heavy atom. The van der Waals surface area contributed by atoms with Gasteiger partial charge in [-0.1, -0.05) is 27.2 Å². The third-order valence-electron chi connectivity index (χ3n) is 6.31. The summed E-state index contributed by atoms with van der Waals surface area (Å²) in [6, 6.07) is 0. The van der Waals surface area contributed by atoms with Crippen LogP contribution in [0.15, 0.2) is 0 Å². The summed E-state index contributed by atoms with van der Waals surface area (Å²) in [6.07, 6.45) is 5.67. The van der Waals surface area contributed by atoms with Gasteiger partial charge in [0.25, 0.3) is 0 Å². The molecule has 20 heavy (non-hydrogen) atoms. The molecule has 0 radical (unpaired) electrons. The third-order valence-corrected chi connectivity index (χ3v) is 6.31.